The van der Waals surface area contributed by atoms with Crippen molar-refractivity contribution in [3.05, 3.63) is 182 Å². The fourth-order valence-corrected chi connectivity index (χ4v) is 8.51. The van der Waals surface area contributed by atoms with Crippen LogP contribution in [0.5, 0.6) is 0 Å². The van der Waals surface area contributed by atoms with Gasteiger partial charge in [0.15, 0.2) is 0 Å². The Morgan fingerprint density at radius 2 is 1.15 bits per heavy atom. The van der Waals surface area contributed by atoms with Crippen LogP contribution in [0.25, 0.3) is 88.1 Å². The molecule has 3 aromatic heterocycles. The van der Waals surface area contributed by atoms with E-state index >= 15 is 0 Å². The number of rotatable bonds is 4. The molecule has 242 valence electrons. The molecule has 4 heteroatoms. The standard InChI is InChI=1S/C48H30N2O.U/c1-2-13-31(14-3-1)32-15-10-16-33(29-32)49-41-22-7-4-18-38(41)47-36(20-11-24-43(47)49)37-21-12-25-44-48(37)39-19-5-8-23-42(39)50(44)34-27-28-46-40(30-34)35-17-6-9-26-45(35)51-46;/h1-13,16-28,30,32H,29H2;/q-2;+2. The molecule has 1 atom stereocenters. The third-order valence-corrected chi connectivity index (χ3v) is 10.7. The van der Waals surface area contributed by atoms with E-state index in [1.165, 1.54) is 66.0 Å². The second-order valence-corrected chi connectivity index (χ2v) is 13.4. The number of hydrogen-bond donors (Lipinski definition) is 0. The Kier molecular flexibility index (Phi) is 7.39. The third-order valence-electron chi connectivity index (χ3n) is 10.7. The maximum atomic E-state index is 6.20. The Morgan fingerprint density at radius 3 is 1.88 bits per heavy atom. The Balaban J connectivity index is 0.00000338. The smallest absolute Gasteiger partial charge is 0.456 e. The second-order valence-electron chi connectivity index (χ2n) is 13.4. The number of fused-ring (bicyclic) bond motifs is 9. The van der Waals surface area contributed by atoms with Gasteiger partial charge in [0.2, 0.25) is 0 Å². The number of benzene rings is 7. The van der Waals surface area contributed by atoms with Crippen molar-refractivity contribution in [1.29, 1.82) is 0 Å². The molecule has 11 rings (SSSR count). The van der Waals surface area contributed by atoms with Crippen LogP contribution in [0, 0.1) is 43.3 Å². The molecule has 0 spiro atoms. The van der Waals surface area contributed by atoms with Crippen molar-refractivity contribution >= 4 is 71.2 Å². The molecule has 3 nitrogen and oxygen atoms in total. The predicted octanol–water partition coefficient (Wildman–Crippen LogP) is 12.6. The summed E-state index contributed by atoms with van der Waals surface area (Å²) in [7, 11) is 0. The van der Waals surface area contributed by atoms with Crippen molar-refractivity contribution in [2.45, 2.75) is 12.3 Å². The zero-order valence-electron chi connectivity index (χ0n) is 28.2. The van der Waals surface area contributed by atoms with E-state index in [0.717, 1.165) is 34.0 Å². The summed E-state index contributed by atoms with van der Waals surface area (Å²) in [4.78, 5) is 0. The first-order chi connectivity index (χ1) is 25.3. The van der Waals surface area contributed by atoms with Gasteiger partial charge in [0.1, 0.15) is 11.2 Å². The number of aromatic nitrogens is 2. The molecule has 1 aliphatic carbocycles. The quantitative estimate of drug-likeness (QED) is 0.162. The van der Waals surface area contributed by atoms with Gasteiger partial charge >= 0.3 is 31.1 Å². The minimum absolute atomic E-state index is 0. The van der Waals surface area contributed by atoms with Gasteiger partial charge in [-0.1, -0.05) is 90.5 Å². The average molecular weight is 889 g/mol. The van der Waals surface area contributed by atoms with Crippen LogP contribution >= 0.6 is 0 Å². The van der Waals surface area contributed by atoms with Crippen molar-refractivity contribution < 1.29 is 35.5 Å². The summed E-state index contributed by atoms with van der Waals surface area (Å²) < 4.78 is 11.1. The molecule has 0 amide bonds. The van der Waals surface area contributed by atoms with Crippen LogP contribution in [0.2, 0.25) is 0 Å². The summed E-state index contributed by atoms with van der Waals surface area (Å²) >= 11 is 0. The minimum atomic E-state index is 0. The molecule has 0 fully saturated rings. The van der Waals surface area contributed by atoms with Gasteiger partial charge in [0.05, 0.1) is 22.1 Å². The van der Waals surface area contributed by atoms with E-state index in [2.05, 4.69) is 161 Å². The topological polar surface area (TPSA) is 23.0 Å². The SMILES string of the molecule is [C-]1=CC=C(n2c3ccccc3c3c(-c4cccc5c4c4ccccc4n5-c4ccc5oc6ccccc6c5c4)cccc32)CC1c1[c-]cccc1.[U+2]. The molecule has 0 saturated carbocycles. The first-order valence-corrected chi connectivity index (χ1v) is 17.5. The molecule has 3 heterocycles. The number of nitrogens with zero attached hydrogens (tertiary/aromatic N) is 2. The largest absolute Gasteiger partial charge is 2.00 e. The van der Waals surface area contributed by atoms with Crippen LogP contribution in [0.1, 0.15) is 17.9 Å². The van der Waals surface area contributed by atoms with Crippen LogP contribution in [0.4, 0.5) is 0 Å². The summed E-state index contributed by atoms with van der Waals surface area (Å²) in [6, 6.07) is 57.8. The molecular weight excluding hydrogens is 859 g/mol. The van der Waals surface area contributed by atoms with Crippen molar-refractivity contribution in [1.82, 2.24) is 9.13 Å². The Bertz CT molecular complexity index is 3070. The van der Waals surface area contributed by atoms with Crippen LogP contribution in [-0.4, -0.2) is 9.13 Å². The Labute approximate surface area is 324 Å². The van der Waals surface area contributed by atoms with E-state index in [0.29, 0.717) is 0 Å². The molecule has 0 bridgehead atoms. The zero-order valence-corrected chi connectivity index (χ0v) is 32.3. The molecule has 10 aromatic rings. The Hall–Kier alpha value is -5.53. The molecular formula is C48H30N2OU. The molecule has 0 N–H and O–H groups in total. The summed E-state index contributed by atoms with van der Waals surface area (Å²) in [5, 5.41) is 7.27. The second kappa shape index (κ2) is 12.3. The average Bonchev–Trinajstić information content (AvgIpc) is 3.86. The number of furan rings is 1. The first kappa shape index (κ1) is 31.2. The van der Waals surface area contributed by atoms with Gasteiger partial charge in [-0.05, 0) is 66.1 Å². The molecule has 52 heavy (non-hydrogen) atoms. The van der Waals surface area contributed by atoms with E-state index < -0.39 is 0 Å². The summed E-state index contributed by atoms with van der Waals surface area (Å²) in [5.41, 5.74) is 12.6. The van der Waals surface area contributed by atoms with Crippen molar-refractivity contribution in [3.8, 4) is 16.8 Å². The van der Waals surface area contributed by atoms with Crippen LogP contribution in [-0.2, 0) is 0 Å². The fourth-order valence-electron chi connectivity index (χ4n) is 8.51. The maximum absolute atomic E-state index is 6.20. The molecule has 0 aliphatic heterocycles. The van der Waals surface area contributed by atoms with Crippen molar-refractivity contribution in [3.63, 3.8) is 0 Å². The van der Waals surface area contributed by atoms with E-state index in [4.69, 9.17) is 4.42 Å². The number of allylic oxidation sites excluding steroid dienone is 4. The molecule has 0 saturated heterocycles. The molecule has 1 unspecified atom stereocenters. The van der Waals surface area contributed by atoms with Crippen LogP contribution < -0.4 is 0 Å². The van der Waals surface area contributed by atoms with E-state index in [1.54, 1.807) is 0 Å². The predicted molar refractivity (Wildman–Crippen MR) is 211 cm³/mol. The van der Waals surface area contributed by atoms with E-state index in [9.17, 15) is 0 Å². The third kappa shape index (κ3) is 4.65. The summed E-state index contributed by atoms with van der Waals surface area (Å²) in [5.74, 6) is 0.157. The number of hydrogen-bond acceptors (Lipinski definition) is 1. The molecule has 1 aliphatic rings. The normalized spacial score (nSPS) is 14.5. The fraction of sp³-hybridized carbons (Fsp3) is 0.0417. The van der Waals surface area contributed by atoms with Crippen LogP contribution in [0.15, 0.2) is 168 Å². The molecule has 7 aromatic carbocycles. The zero-order chi connectivity index (χ0) is 33.5. The van der Waals surface area contributed by atoms with Gasteiger partial charge in [-0.25, -0.2) is 6.08 Å². The van der Waals surface area contributed by atoms with Gasteiger partial charge in [-0.15, -0.1) is 0 Å². The van der Waals surface area contributed by atoms with Crippen LogP contribution in [0.3, 0.4) is 0 Å². The maximum Gasteiger partial charge on any atom is 2.00 e. The van der Waals surface area contributed by atoms with Gasteiger partial charge < -0.3 is 13.6 Å². The molecule has 0 radical (unpaired) electrons. The first-order valence-electron chi connectivity index (χ1n) is 17.5. The van der Waals surface area contributed by atoms with Gasteiger partial charge in [-0.3, -0.25) is 6.08 Å². The Morgan fingerprint density at radius 1 is 0.538 bits per heavy atom. The van der Waals surface area contributed by atoms with E-state index in [1.807, 2.05) is 24.3 Å². The van der Waals surface area contributed by atoms with Gasteiger partial charge in [0.25, 0.3) is 0 Å². The number of para-hydroxylation sites is 3. The minimum Gasteiger partial charge on any atom is -0.456 e. The van der Waals surface area contributed by atoms with Crippen molar-refractivity contribution in [2.24, 2.45) is 0 Å². The van der Waals surface area contributed by atoms with Gasteiger partial charge in [0, 0.05) is 38.0 Å². The van der Waals surface area contributed by atoms with Gasteiger partial charge in [-0.2, -0.15) is 42.0 Å². The van der Waals surface area contributed by atoms with Crippen molar-refractivity contribution in [2.75, 3.05) is 0 Å². The summed E-state index contributed by atoms with van der Waals surface area (Å²) in [6.45, 7) is 0. The monoisotopic (exact) mass is 888 g/mol. The summed E-state index contributed by atoms with van der Waals surface area (Å²) in [6.07, 6.45) is 8.75. The van der Waals surface area contributed by atoms with E-state index in [-0.39, 0.29) is 37.0 Å².